The highest BCUT2D eigenvalue weighted by molar-refractivity contribution is 7.92. The second kappa shape index (κ2) is 9.55. The molecule has 0 aliphatic heterocycles. The number of rotatable bonds is 5. The van der Waals surface area contributed by atoms with Gasteiger partial charge in [0, 0.05) is 12.1 Å². The maximum atomic E-state index is 13.4. The van der Waals surface area contributed by atoms with Crippen LogP contribution in [0.15, 0.2) is 47.4 Å². The lowest BCUT2D eigenvalue weighted by molar-refractivity contribution is -0.140. The van der Waals surface area contributed by atoms with Gasteiger partial charge < -0.3 is 5.32 Å². The van der Waals surface area contributed by atoms with E-state index in [-0.39, 0.29) is 30.9 Å². The van der Waals surface area contributed by atoms with Crippen molar-refractivity contribution in [3.8, 4) is 0 Å². The lowest BCUT2D eigenvalue weighted by Gasteiger charge is -2.28. The van der Waals surface area contributed by atoms with Crippen molar-refractivity contribution in [1.82, 2.24) is 5.32 Å². The van der Waals surface area contributed by atoms with Crippen LogP contribution in [0.5, 0.6) is 0 Å². The predicted octanol–water partition coefficient (Wildman–Crippen LogP) is 5.63. The van der Waals surface area contributed by atoms with Gasteiger partial charge in [-0.05, 0) is 68.0 Å². The monoisotopic (exact) mass is 511 g/mol. The van der Waals surface area contributed by atoms with E-state index in [1.807, 2.05) is 0 Å². The van der Waals surface area contributed by atoms with Gasteiger partial charge in [0.15, 0.2) is 9.84 Å². The molecule has 34 heavy (non-hydrogen) atoms. The Morgan fingerprint density at radius 2 is 1.56 bits per heavy atom. The predicted molar refractivity (Wildman–Crippen MR) is 108 cm³/mol. The van der Waals surface area contributed by atoms with E-state index in [1.54, 1.807) is 0 Å². The first-order chi connectivity index (χ1) is 15.7. The van der Waals surface area contributed by atoms with Crippen molar-refractivity contribution in [3.05, 3.63) is 65.0 Å². The summed E-state index contributed by atoms with van der Waals surface area (Å²) in [5, 5.41) is 1.59. The van der Waals surface area contributed by atoms with Gasteiger partial charge in [-0.15, -0.1) is 0 Å². The van der Waals surface area contributed by atoms with Crippen LogP contribution in [0.3, 0.4) is 0 Å². The molecule has 1 fully saturated rings. The minimum Gasteiger partial charge on any atom is -0.352 e. The first kappa shape index (κ1) is 26.0. The molecule has 0 saturated heterocycles. The Bertz CT molecular complexity index is 1150. The fraction of sp³-hybridized carbons (Fsp3) is 0.409. The number of amides is 1. The molecule has 12 heteroatoms. The molecule has 1 N–H and O–H groups in total. The first-order valence-corrected chi connectivity index (χ1v) is 11.8. The van der Waals surface area contributed by atoms with E-state index < -0.39 is 55.2 Å². The van der Waals surface area contributed by atoms with Crippen LogP contribution in [-0.2, 0) is 22.2 Å². The van der Waals surface area contributed by atoms with Crippen LogP contribution < -0.4 is 5.32 Å². The summed E-state index contributed by atoms with van der Waals surface area (Å²) in [4.78, 5) is 11.8. The van der Waals surface area contributed by atoms with Crippen LogP contribution in [0.1, 0.15) is 47.2 Å². The molecular weight excluding hydrogens is 491 g/mol. The SMILES string of the molecule is O=C(NC[C@H]1CC[C@@H](S(=O)(=O)c2cccc(C(F)(F)F)c2)CC1)c1ccc(F)c(C(F)(F)F)c1. The highest BCUT2D eigenvalue weighted by atomic mass is 32.2. The van der Waals surface area contributed by atoms with E-state index in [2.05, 4.69) is 5.32 Å². The molecule has 0 aromatic heterocycles. The lowest BCUT2D eigenvalue weighted by Crippen LogP contribution is -2.34. The third-order valence-electron chi connectivity index (χ3n) is 5.81. The number of carbonyl (C=O) groups excluding carboxylic acids is 1. The number of sulfone groups is 1. The molecule has 3 rings (SSSR count). The van der Waals surface area contributed by atoms with E-state index in [4.69, 9.17) is 0 Å². The molecule has 2 aromatic carbocycles. The van der Waals surface area contributed by atoms with Crippen molar-refractivity contribution in [2.45, 2.75) is 48.2 Å². The molecule has 1 amide bonds. The molecule has 0 bridgehead atoms. The summed E-state index contributed by atoms with van der Waals surface area (Å²) >= 11 is 0. The summed E-state index contributed by atoms with van der Waals surface area (Å²) in [5.74, 6) is -2.49. The molecule has 0 unspecified atom stereocenters. The highest BCUT2D eigenvalue weighted by Gasteiger charge is 2.36. The number of carbonyl (C=O) groups is 1. The Hall–Kier alpha value is -2.63. The van der Waals surface area contributed by atoms with Gasteiger partial charge in [-0.3, -0.25) is 4.79 Å². The van der Waals surface area contributed by atoms with Crippen molar-refractivity contribution in [3.63, 3.8) is 0 Å². The summed E-state index contributed by atoms with van der Waals surface area (Å²) in [5.41, 5.74) is -2.98. The normalized spacial score (nSPS) is 19.6. The van der Waals surface area contributed by atoms with Crippen LogP contribution >= 0.6 is 0 Å². The van der Waals surface area contributed by atoms with Crippen molar-refractivity contribution >= 4 is 15.7 Å². The summed E-state index contributed by atoms with van der Waals surface area (Å²) in [6, 6.07) is 5.46. The number of hydrogen-bond donors (Lipinski definition) is 1. The van der Waals surface area contributed by atoms with Crippen LogP contribution in [0.25, 0.3) is 0 Å². The van der Waals surface area contributed by atoms with Crippen LogP contribution in [0.2, 0.25) is 0 Å². The fourth-order valence-corrected chi connectivity index (χ4v) is 5.75. The first-order valence-electron chi connectivity index (χ1n) is 10.3. The van der Waals surface area contributed by atoms with Crippen molar-refractivity contribution in [1.29, 1.82) is 0 Å². The second-order valence-corrected chi connectivity index (χ2v) is 10.3. The van der Waals surface area contributed by atoms with Crippen LogP contribution in [0, 0.1) is 11.7 Å². The van der Waals surface area contributed by atoms with Gasteiger partial charge in [0.2, 0.25) is 0 Å². The van der Waals surface area contributed by atoms with Gasteiger partial charge >= 0.3 is 12.4 Å². The molecule has 0 radical (unpaired) electrons. The standard InChI is InChI=1S/C22H20F7NO3S/c23-19-9-6-14(10-18(19)22(27,28)29)20(31)30-12-13-4-7-16(8-5-13)34(32,33)17-3-1-2-15(11-17)21(24,25)26/h1-3,6,9-11,13,16H,4-5,7-8,12H2,(H,30,31)/t13-,16+. The van der Waals surface area contributed by atoms with E-state index in [0.29, 0.717) is 31.0 Å². The Morgan fingerprint density at radius 1 is 0.912 bits per heavy atom. The minimum atomic E-state index is -4.95. The maximum absolute atomic E-state index is 13.4. The number of benzene rings is 2. The Kier molecular flexibility index (Phi) is 7.30. The Morgan fingerprint density at radius 3 is 2.15 bits per heavy atom. The van der Waals surface area contributed by atoms with Gasteiger partial charge in [0.25, 0.3) is 5.91 Å². The van der Waals surface area contributed by atoms with Gasteiger partial charge in [0.05, 0.1) is 21.3 Å². The summed E-state index contributed by atoms with van der Waals surface area (Å²) < 4.78 is 116. The number of hydrogen-bond acceptors (Lipinski definition) is 3. The molecular formula is C22H20F7NO3S. The average molecular weight is 511 g/mol. The van der Waals surface area contributed by atoms with E-state index >= 15 is 0 Å². The topological polar surface area (TPSA) is 63.2 Å². The molecule has 1 aliphatic rings. The molecule has 186 valence electrons. The van der Waals surface area contributed by atoms with E-state index in [1.165, 1.54) is 0 Å². The molecule has 0 spiro atoms. The molecule has 1 aliphatic carbocycles. The van der Waals surface area contributed by atoms with Crippen LogP contribution in [0.4, 0.5) is 30.7 Å². The number of halogens is 7. The zero-order chi connectivity index (χ0) is 25.3. The maximum Gasteiger partial charge on any atom is 0.419 e. The van der Waals surface area contributed by atoms with Gasteiger partial charge in [0.1, 0.15) is 5.82 Å². The molecule has 2 aromatic rings. The highest BCUT2D eigenvalue weighted by Crippen LogP contribution is 2.35. The van der Waals surface area contributed by atoms with Crippen molar-refractivity contribution in [2.75, 3.05) is 6.54 Å². The third-order valence-corrected chi connectivity index (χ3v) is 8.07. The van der Waals surface area contributed by atoms with Crippen LogP contribution in [-0.4, -0.2) is 26.1 Å². The quantitative estimate of drug-likeness (QED) is 0.530. The lowest BCUT2D eigenvalue weighted by atomic mass is 9.89. The summed E-state index contributed by atoms with van der Waals surface area (Å²) in [6.07, 6.45) is -8.61. The fourth-order valence-electron chi connectivity index (χ4n) is 3.91. The largest absolute Gasteiger partial charge is 0.419 e. The van der Waals surface area contributed by atoms with E-state index in [9.17, 15) is 43.9 Å². The average Bonchev–Trinajstić information content (AvgIpc) is 2.77. The Labute approximate surface area is 191 Å². The minimum absolute atomic E-state index is 0.0634. The third kappa shape index (κ3) is 5.89. The Balaban J connectivity index is 1.59. The van der Waals surface area contributed by atoms with Gasteiger partial charge in [-0.25, -0.2) is 12.8 Å². The van der Waals surface area contributed by atoms with E-state index in [0.717, 1.165) is 24.3 Å². The van der Waals surface area contributed by atoms with Crippen molar-refractivity contribution in [2.24, 2.45) is 5.92 Å². The second-order valence-electron chi connectivity index (χ2n) is 8.12. The molecule has 0 heterocycles. The smallest absolute Gasteiger partial charge is 0.352 e. The summed E-state index contributed by atoms with van der Waals surface area (Å²) in [7, 11) is -3.99. The van der Waals surface area contributed by atoms with Crippen molar-refractivity contribution < 1.29 is 43.9 Å². The molecule has 1 saturated carbocycles. The summed E-state index contributed by atoms with van der Waals surface area (Å²) in [6.45, 7) is 0.0634. The molecule has 4 nitrogen and oxygen atoms in total. The molecule has 0 atom stereocenters. The van der Waals surface area contributed by atoms with Gasteiger partial charge in [-0.1, -0.05) is 6.07 Å². The zero-order valence-electron chi connectivity index (χ0n) is 17.5. The number of alkyl halides is 6. The van der Waals surface area contributed by atoms with Gasteiger partial charge in [-0.2, -0.15) is 26.3 Å². The zero-order valence-corrected chi connectivity index (χ0v) is 18.3. The number of nitrogens with one attached hydrogen (secondary N) is 1.